The van der Waals surface area contributed by atoms with Crippen LogP contribution in [0.25, 0.3) is 0 Å². The molecule has 0 saturated carbocycles. The van der Waals surface area contributed by atoms with Crippen molar-refractivity contribution in [2.24, 2.45) is 9.98 Å². The van der Waals surface area contributed by atoms with Crippen molar-refractivity contribution in [3.8, 4) is 0 Å². The number of rotatable bonds is 5. The van der Waals surface area contributed by atoms with Gasteiger partial charge in [-0.3, -0.25) is 0 Å². The van der Waals surface area contributed by atoms with Crippen LogP contribution in [0, 0.1) is 0 Å². The zero-order valence-corrected chi connectivity index (χ0v) is 11.9. The van der Waals surface area contributed by atoms with Gasteiger partial charge in [0.05, 0.1) is 11.4 Å². The molecule has 0 saturated heterocycles. The Kier molecular flexibility index (Phi) is 5.89. The van der Waals surface area contributed by atoms with E-state index in [4.69, 9.17) is 0 Å². The van der Waals surface area contributed by atoms with E-state index in [0.717, 1.165) is 15.4 Å². The molecule has 4 nitrogen and oxygen atoms in total. The molecule has 0 unspecified atom stereocenters. The average molecular weight is 280 g/mol. The van der Waals surface area contributed by atoms with Crippen LogP contribution in [0.3, 0.4) is 0 Å². The minimum atomic E-state index is 0.548. The normalized spacial score (nSPS) is 9.50. The van der Waals surface area contributed by atoms with Crippen LogP contribution >= 0.6 is 23.5 Å². The van der Waals surface area contributed by atoms with E-state index in [2.05, 4.69) is 9.98 Å². The lowest BCUT2D eigenvalue weighted by Crippen LogP contribution is -1.89. The highest BCUT2D eigenvalue weighted by Crippen LogP contribution is 2.43. The molecule has 0 heterocycles. The first-order valence-electron chi connectivity index (χ1n) is 5.17. The van der Waals surface area contributed by atoms with Gasteiger partial charge >= 0.3 is 0 Å². The fourth-order valence-electron chi connectivity index (χ4n) is 1.65. The first-order valence-corrected chi connectivity index (χ1v) is 7.61. The van der Waals surface area contributed by atoms with E-state index in [1.54, 1.807) is 12.2 Å². The number of hydrogen-bond acceptors (Lipinski definition) is 6. The Morgan fingerprint density at radius 3 is 1.78 bits per heavy atom. The quantitative estimate of drug-likeness (QED) is 0.469. The van der Waals surface area contributed by atoms with E-state index in [-0.39, 0.29) is 0 Å². The maximum Gasteiger partial charge on any atom is 0.240 e. The number of benzene rings is 1. The Hall–Kier alpha value is -1.32. The minimum absolute atomic E-state index is 0.548. The van der Waals surface area contributed by atoms with Gasteiger partial charge in [0.25, 0.3) is 0 Å². The van der Waals surface area contributed by atoms with Gasteiger partial charge in [0.15, 0.2) is 0 Å². The fourth-order valence-corrected chi connectivity index (χ4v) is 2.92. The summed E-state index contributed by atoms with van der Waals surface area (Å²) in [5.74, 6) is 0. The van der Waals surface area contributed by atoms with E-state index in [0.29, 0.717) is 17.8 Å². The molecule has 0 aliphatic rings. The zero-order chi connectivity index (χ0) is 13.5. The molecule has 94 valence electrons. The lowest BCUT2D eigenvalue weighted by molar-refractivity contribution is 0.564. The SMILES string of the molecule is CCc1c(N=C=O)c(SC)cc(SC)c1N=C=O. The summed E-state index contributed by atoms with van der Waals surface area (Å²) in [6.07, 6.45) is 7.55. The first kappa shape index (κ1) is 14.7. The van der Waals surface area contributed by atoms with Gasteiger partial charge in [-0.2, -0.15) is 9.98 Å². The molecular weight excluding hydrogens is 268 g/mol. The van der Waals surface area contributed by atoms with Crippen LogP contribution in [0.4, 0.5) is 11.4 Å². The lowest BCUT2D eigenvalue weighted by atomic mass is 10.1. The molecule has 18 heavy (non-hydrogen) atoms. The van der Waals surface area contributed by atoms with E-state index in [1.807, 2.05) is 25.5 Å². The summed E-state index contributed by atoms with van der Waals surface area (Å²) >= 11 is 2.99. The average Bonchev–Trinajstić information content (AvgIpc) is 2.40. The summed E-state index contributed by atoms with van der Waals surface area (Å²) in [6.45, 7) is 1.93. The lowest BCUT2D eigenvalue weighted by Gasteiger charge is -2.13. The summed E-state index contributed by atoms with van der Waals surface area (Å²) in [6, 6.07) is 1.88. The third kappa shape index (κ3) is 2.92. The molecule has 0 spiro atoms. The van der Waals surface area contributed by atoms with Gasteiger partial charge in [-0.05, 0) is 25.0 Å². The maximum atomic E-state index is 10.5. The van der Waals surface area contributed by atoms with Crippen molar-refractivity contribution >= 4 is 47.1 Å². The van der Waals surface area contributed by atoms with Crippen LogP contribution in [0.2, 0.25) is 0 Å². The molecule has 0 aliphatic carbocycles. The molecule has 0 bridgehead atoms. The fraction of sp³-hybridized carbons (Fsp3) is 0.333. The monoisotopic (exact) mass is 280 g/mol. The van der Waals surface area contributed by atoms with Crippen LogP contribution in [0.15, 0.2) is 25.8 Å². The van der Waals surface area contributed by atoms with Crippen molar-refractivity contribution < 1.29 is 9.59 Å². The summed E-state index contributed by atoms with van der Waals surface area (Å²) in [7, 11) is 0. The molecule has 0 fully saturated rings. The number of nitrogens with zero attached hydrogens (tertiary/aromatic N) is 2. The highest BCUT2D eigenvalue weighted by atomic mass is 32.2. The molecule has 0 atom stereocenters. The van der Waals surface area contributed by atoms with Crippen LogP contribution in [0.1, 0.15) is 12.5 Å². The Bertz CT molecular complexity index is 501. The second kappa shape index (κ2) is 7.19. The Morgan fingerprint density at radius 1 is 1.06 bits per heavy atom. The standard InChI is InChI=1S/C12H12N2O2S2/c1-4-8-11(13-6-15)9(17-2)5-10(18-3)12(8)14-7-16/h5H,4H2,1-3H3. The highest BCUT2D eigenvalue weighted by Gasteiger charge is 2.16. The van der Waals surface area contributed by atoms with Crippen molar-refractivity contribution in [1.82, 2.24) is 0 Å². The van der Waals surface area contributed by atoms with Crippen molar-refractivity contribution in [3.63, 3.8) is 0 Å². The summed E-state index contributed by atoms with van der Waals surface area (Å²) in [5.41, 5.74) is 1.87. The van der Waals surface area contributed by atoms with Gasteiger partial charge in [-0.25, -0.2) is 9.59 Å². The van der Waals surface area contributed by atoms with E-state index < -0.39 is 0 Å². The third-order valence-electron chi connectivity index (χ3n) is 2.41. The summed E-state index contributed by atoms with van der Waals surface area (Å²) in [4.78, 5) is 30.3. The van der Waals surface area contributed by atoms with Crippen LogP contribution in [-0.4, -0.2) is 24.7 Å². The van der Waals surface area contributed by atoms with Gasteiger partial charge in [-0.15, -0.1) is 23.5 Å². The maximum absolute atomic E-state index is 10.5. The number of hydrogen-bond donors (Lipinski definition) is 0. The second-order valence-electron chi connectivity index (χ2n) is 3.22. The van der Waals surface area contributed by atoms with Gasteiger partial charge in [0, 0.05) is 15.4 Å². The van der Waals surface area contributed by atoms with E-state index in [1.165, 1.54) is 23.5 Å². The molecule has 6 heteroatoms. The molecule has 0 aromatic heterocycles. The third-order valence-corrected chi connectivity index (χ3v) is 3.91. The first-order chi connectivity index (χ1) is 8.73. The topological polar surface area (TPSA) is 58.9 Å². The molecule has 0 N–H and O–H groups in total. The Morgan fingerprint density at radius 2 is 1.50 bits per heavy atom. The Balaban J connectivity index is 3.73. The number of aliphatic imine (C=N–C) groups is 2. The predicted octanol–water partition coefficient (Wildman–Crippen LogP) is 3.63. The van der Waals surface area contributed by atoms with E-state index >= 15 is 0 Å². The van der Waals surface area contributed by atoms with Gasteiger partial charge in [0.1, 0.15) is 0 Å². The minimum Gasteiger partial charge on any atom is -0.211 e. The van der Waals surface area contributed by atoms with Gasteiger partial charge in [-0.1, -0.05) is 6.92 Å². The molecular formula is C12H12N2O2S2. The van der Waals surface area contributed by atoms with Crippen LogP contribution < -0.4 is 0 Å². The number of carbonyl (C=O) groups excluding carboxylic acids is 2. The summed E-state index contributed by atoms with van der Waals surface area (Å²) in [5, 5.41) is 0. The van der Waals surface area contributed by atoms with Crippen molar-refractivity contribution in [3.05, 3.63) is 11.6 Å². The number of isocyanates is 2. The van der Waals surface area contributed by atoms with Crippen molar-refractivity contribution in [1.29, 1.82) is 0 Å². The molecule has 0 radical (unpaired) electrons. The van der Waals surface area contributed by atoms with Gasteiger partial charge in [0.2, 0.25) is 12.2 Å². The van der Waals surface area contributed by atoms with Crippen molar-refractivity contribution in [2.75, 3.05) is 12.5 Å². The molecule has 1 aromatic carbocycles. The highest BCUT2D eigenvalue weighted by molar-refractivity contribution is 7.99. The zero-order valence-electron chi connectivity index (χ0n) is 10.3. The molecule has 1 aromatic rings. The predicted molar refractivity (Wildman–Crippen MR) is 74.9 cm³/mol. The largest absolute Gasteiger partial charge is 0.240 e. The molecule has 0 aliphatic heterocycles. The smallest absolute Gasteiger partial charge is 0.211 e. The van der Waals surface area contributed by atoms with Crippen molar-refractivity contribution in [2.45, 2.75) is 23.1 Å². The van der Waals surface area contributed by atoms with Crippen LogP contribution in [-0.2, 0) is 16.0 Å². The molecule has 0 amide bonds. The second-order valence-corrected chi connectivity index (χ2v) is 4.91. The van der Waals surface area contributed by atoms with Gasteiger partial charge < -0.3 is 0 Å². The summed E-state index contributed by atoms with van der Waals surface area (Å²) < 4.78 is 0. The Labute approximate surface area is 114 Å². The number of thioether (sulfide) groups is 2. The molecule has 1 rings (SSSR count). The van der Waals surface area contributed by atoms with E-state index in [9.17, 15) is 9.59 Å². The van der Waals surface area contributed by atoms with Crippen LogP contribution in [0.5, 0.6) is 0 Å².